The maximum atomic E-state index is 5.78. The highest BCUT2D eigenvalue weighted by Gasteiger charge is 2.24. The number of aryl methyl sites for hydroxylation is 1. The van der Waals surface area contributed by atoms with Crippen molar-refractivity contribution in [1.82, 2.24) is 15.1 Å². The van der Waals surface area contributed by atoms with Gasteiger partial charge in [0.2, 0.25) is 0 Å². The van der Waals surface area contributed by atoms with Crippen LogP contribution in [0.4, 0.5) is 0 Å². The average molecular weight is 209 g/mol. The van der Waals surface area contributed by atoms with Crippen LogP contribution in [0.3, 0.4) is 0 Å². The minimum Gasteiger partial charge on any atom is -0.372 e. The minimum absolute atomic E-state index is 0.204. The van der Waals surface area contributed by atoms with E-state index in [0.717, 1.165) is 26.0 Å². The Morgan fingerprint density at radius 3 is 3.20 bits per heavy atom. The van der Waals surface area contributed by atoms with Crippen molar-refractivity contribution in [3.8, 4) is 0 Å². The van der Waals surface area contributed by atoms with Gasteiger partial charge in [0.05, 0.1) is 5.69 Å². The summed E-state index contributed by atoms with van der Waals surface area (Å²) >= 11 is 0. The smallest absolute Gasteiger partial charge is 0.101 e. The molecule has 0 saturated carbocycles. The van der Waals surface area contributed by atoms with E-state index in [1.54, 1.807) is 0 Å². The molecule has 2 unspecified atom stereocenters. The molecule has 0 amide bonds. The zero-order valence-electron chi connectivity index (χ0n) is 9.44. The molecule has 0 aliphatic carbocycles. The van der Waals surface area contributed by atoms with Gasteiger partial charge in [-0.25, -0.2) is 0 Å². The lowest BCUT2D eigenvalue weighted by Crippen LogP contribution is -2.36. The van der Waals surface area contributed by atoms with Crippen LogP contribution in [-0.2, 0) is 11.8 Å². The Morgan fingerprint density at radius 1 is 1.67 bits per heavy atom. The predicted octanol–water partition coefficient (Wildman–Crippen LogP) is 1.25. The predicted molar refractivity (Wildman–Crippen MR) is 58.6 cm³/mol. The molecule has 1 aromatic heterocycles. The number of aromatic nitrogens is 2. The summed E-state index contributed by atoms with van der Waals surface area (Å²) in [7, 11) is 1.97. The average Bonchev–Trinajstić information content (AvgIpc) is 2.65. The van der Waals surface area contributed by atoms with Crippen LogP contribution in [0.5, 0.6) is 0 Å². The molecule has 15 heavy (non-hydrogen) atoms. The molecule has 1 aromatic rings. The molecule has 1 fully saturated rings. The van der Waals surface area contributed by atoms with E-state index in [0.29, 0.717) is 6.04 Å². The van der Waals surface area contributed by atoms with E-state index in [2.05, 4.69) is 17.3 Å². The molecule has 1 aliphatic heterocycles. The fraction of sp³-hybridized carbons (Fsp3) is 0.727. The van der Waals surface area contributed by atoms with E-state index < -0.39 is 0 Å². The molecule has 1 aliphatic rings. The summed E-state index contributed by atoms with van der Waals surface area (Å²) in [6, 6.07) is 2.63. The first-order valence-electron chi connectivity index (χ1n) is 5.64. The summed E-state index contributed by atoms with van der Waals surface area (Å²) in [5, 5.41) is 7.67. The van der Waals surface area contributed by atoms with Gasteiger partial charge in [-0.3, -0.25) is 4.68 Å². The van der Waals surface area contributed by atoms with Crippen molar-refractivity contribution in [3.05, 3.63) is 18.0 Å². The lowest BCUT2D eigenvalue weighted by atomic mass is 10.0. The van der Waals surface area contributed by atoms with E-state index in [9.17, 15) is 0 Å². The summed E-state index contributed by atoms with van der Waals surface area (Å²) in [4.78, 5) is 0. The monoisotopic (exact) mass is 209 g/mol. The molecule has 0 radical (unpaired) electrons. The Kier molecular flexibility index (Phi) is 3.38. The van der Waals surface area contributed by atoms with E-state index >= 15 is 0 Å². The van der Waals surface area contributed by atoms with Crippen LogP contribution in [-0.4, -0.2) is 29.0 Å². The zero-order chi connectivity index (χ0) is 10.7. The van der Waals surface area contributed by atoms with Crippen molar-refractivity contribution in [2.24, 2.45) is 7.05 Å². The van der Waals surface area contributed by atoms with Gasteiger partial charge in [-0.05, 0) is 25.5 Å². The van der Waals surface area contributed by atoms with Gasteiger partial charge in [0.25, 0.3) is 0 Å². The van der Waals surface area contributed by atoms with Gasteiger partial charge in [-0.2, -0.15) is 5.10 Å². The quantitative estimate of drug-likeness (QED) is 0.814. The Labute approximate surface area is 90.6 Å². The first-order chi connectivity index (χ1) is 7.31. The van der Waals surface area contributed by atoms with Crippen molar-refractivity contribution in [2.45, 2.75) is 31.9 Å². The van der Waals surface area contributed by atoms with Crippen LogP contribution < -0.4 is 5.32 Å². The third-order valence-electron chi connectivity index (χ3n) is 2.97. The molecule has 2 rings (SSSR count). The van der Waals surface area contributed by atoms with Crippen molar-refractivity contribution >= 4 is 0 Å². The van der Waals surface area contributed by atoms with Gasteiger partial charge in [-0.1, -0.05) is 6.92 Å². The second-order valence-electron chi connectivity index (χ2n) is 4.02. The number of nitrogens with one attached hydrogen (secondary N) is 1. The molecule has 0 bridgehead atoms. The Balaban J connectivity index is 2.01. The normalized spacial score (nSPS) is 26.8. The SMILES string of the molecule is CCNC1CCOC(c2ccnn2C)C1. The third kappa shape index (κ3) is 2.38. The van der Waals surface area contributed by atoms with Crippen LogP contribution in [0, 0.1) is 0 Å². The topological polar surface area (TPSA) is 39.1 Å². The highest BCUT2D eigenvalue weighted by atomic mass is 16.5. The van der Waals surface area contributed by atoms with Crippen LogP contribution in [0.1, 0.15) is 31.6 Å². The summed E-state index contributed by atoms with van der Waals surface area (Å²) < 4.78 is 7.68. The Bertz CT molecular complexity index is 309. The second kappa shape index (κ2) is 4.77. The molecular weight excluding hydrogens is 190 g/mol. The number of hydrogen-bond donors (Lipinski definition) is 1. The summed E-state index contributed by atoms with van der Waals surface area (Å²) in [5.41, 5.74) is 1.18. The maximum Gasteiger partial charge on any atom is 0.101 e. The highest BCUT2D eigenvalue weighted by molar-refractivity contribution is 5.06. The van der Waals surface area contributed by atoms with E-state index in [1.165, 1.54) is 5.69 Å². The van der Waals surface area contributed by atoms with Gasteiger partial charge in [0, 0.05) is 25.9 Å². The van der Waals surface area contributed by atoms with Crippen molar-refractivity contribution in [2.75, 3.05) is 13.2 Å². The minimum atomic E-state index is 0.204. The summed E-state index contributed by atoms with van der Waals surface area (Å²) in [5.74, 6) is 0. The van der Waals surface area contributed by atoms with Crippen molar-refractivity contribution in [3.63, 3.8) is 0 Å². The van der Waals surface area contributed by atoms with Gasteiger partial charge in [-0.15, -0.1) is 0 Å². The number of nitrogens with zero attached hydrogens (tertiary/aromatic N) is 2. The first kappa shape index (κ1) is 10.6. The van der Waals surface area contributed by atoms with E-state index in [4.69, 9.17) is 4.74 Å². The fourth-order valence-electron chi connectivity index (χ4n) is 2.18. The molecule has 2 atom stereocenters. The largest absolute Gasteiger partial charge is 0.372 e. The first-order valence-corrected chi connectivity index (χ1v) is 5.64. The molecule has 0 aromatic carbocycles. The summed E-state index contributed by atoms with van der Waals surface area (Å²) in [6.07, 6.45) is 4.20. The Morgan fingerprint density at radius 2 is 2.53 bits per heavy atom. The molecule has 1 saturated heterocycles. The van der Waals surface area contributed by atoms with Gasteiger partial charge < -0.3 is 10.1 Å². The fourth-order valence-corrected chi connectivity index (χ4v) is 2.18. The van der Waals surface area contributed by atoms with Gasteiger partial charge in [0.1, 0.15) is 6.10 Å². The molecule has 0 spiro atoms. The third-order valence-corrected chi connectivity index (χ3v) is 2.97. The van der Waals surface area contributed by atoms with Crippen molar-refractivity contribution < 1.29 is 4.74 Å². The van der Waals surface area contributed by atoms with Crippen LogP contribution in [0.2, 0.25) is 0 Å². The lowest BCUT2D eigenvalue weighted by Gasteiger charge is -2.30. The van der Waals surface area contributed by atoms with Crippen molar-refractivity contribution in [1.29, 1.82) is 0 Å². The second-order valence-corrected chi connectivity index (χ2v) is 4.02. The number of ether oxygens (including phenoxy) is 1. The van der Waals surface area contributed by atoms with E-state index in [1.807, 2.05) is 24.0 Å². The highest BCUT2D eigenvalue weighted by Crippen LogP contribution is 2.27. The molecule has 2 heterocycles. The van der Waals surface area contributed by atoms with Gasteiger partial charge in [0.15, 0.2) is 0 Å². The van der Waals surface area contributed by atoms with Gasteiger partial charge >= 0.3 is 0 Å². The number of rotatable bonds is 3. The maximum absolute atomic E-state index is 5.78. The molecule has 4 nitrogen and oxygen atoms in total. The van der Waals surface area contributed by atoms with E-state index in [-0.39, 0.29) is 6.10 Å². The van der Waals surface area contributed by atoms with Crippen LogP contribution in [0.25, 0.3) is 0 Å². The molecule has 4 heteroatoms. The summed E-state index contributed by atoms with van der Waals surface area (Å²) in [6.45, 7) is 4.02. The lowest BCUT2D eigenvalue weighted by molar-refractivity contribution is -0.00394. The molecular formula is C11H19N3O. The Hall–Kier alpha value is -0.870. The standard InChI is InChI=1S/C11H19N3O/c1-3-12-9-5-7-15-11(8-9)10-4-6-13-14(10)2/h4,6,9,11-12H,3,5,7-8H2,1-2H3. The van der Waals surface area contributed by atoms with Crippen LogP contribution in [0.15, 0.2) is 12.3 Å². The zero-order valence-corrected chi connectivity index (χ0v) is 9.44. The molecule has 1 N–H and O–H groups in total. The van der Waals surface area contributed by atoms with Crippen LogP contribution >= 0.6 is 0 Å². The number of hydrogen-bond acceptors (Lipinski definition) is 3. The molecule has 84 valence electrons.